The summed E-state index contributed by atoms with van der Waals surface area (Å²) >= 11 is 5.97. The lowest BCUT2D eigenvalue weighted by atomic mass is 9.86. The molecule has 3 fully saturated rings. The van der Waals surface area contributed by atoms with E-state index < -0.39 is 62.5 Å². The standard InChI is InChI=1S/C19H19F2N3O3.C19H15F2N3O2.C18H15ClF2N2O2.C3H6O/c1-26-13-6-14(27-2)16(21)17(15(13)20)24-9-10-8-23-11(7-22)5-12(10)19(3-4-19)18(24)25;1-10-5-14(26-2)16(21)17(15(10)20)24-9-11-8-23-12(7-22)6-13(11)19(3-4-19)18(24)25;1-9-5-12(25-2)15(21)16(14(9)20)23-8-10-7-22-13(19)6-11(10)18(3-4-18)17(23)24;1-3(2)4/h5-6,8H,3-4,7,9,22H2,1-2H3;5-6,8H,3-4,9H2,1-2H3;5-7H,3-4,8H2,1-2H3;1-2H3/i;;;1D. The van der Waals surface area contributed by atoms with E-state index in [1.807, 2.05) is 12.1 Å². The highest BCUT2D eigenvalue weighted by atomic mass is 35.5. The summed E-state index contributed by atoms with van der Waals surface area (Å²) in [5, 5.41) is 9.37. The molecule has 6 aromatic rings. The number of aryl methyl sites for hydroxylation is 2. The molecule has 3 spiro atoms. The highest BCUT2D eigenvalue weighted by Crippen LogP contribution is 2.57. The Labute approximate surface area is 474 Å². The number of halogens is 7. The number of nitrogens with two attached hydrogens (primary N) is 1. The number of hydrogen-bond acceptors (Lipinski definition) is 13. The van der Waals surface area contributed by atoms with Crippen LogP contribution in [-0.2, 0) is 61.6 Å². The van der Waals surface area contributed by atoms with Gasteiger partial charge in [-0.15, -0.1) is 0 Å². The third-order valence-electron chi connectivity index (χ3n) is 15.5. The number of anilines is 3. The van der Waals surface area contributed by atoms with E-state index in [9.17, 15) is 45.5 Å². The van der Waals surface area contributed by atoms with E-state index in [-0.39, 0.29) is 102 Å². The maximum Gasteiger partial charge on any atom is 0.238 e. The molecule has 2 N–H and O–H groups in total. The molecule has 0 unspecified atom stereocenters. The van der Waals surface area contributed by atoms with Crippen LogP contribution >= 0.6 is 11.6 Å². The number of nitrogens with zero attached hydrogens (tertiary/aromatic N) is 7. The summed E-state index contributed by atoms with van der Waals surface area (Å²) in [6.07, 6.45) is 8.36. The lowest BCUT2D eigenvalue weighted by molar-refractivity contribution is -0.122. The van der Waals surface area contributed by atoms with Crippen LogP contribution in [0, 0.1) is 60.1 Å². The summed E-state index contributed by atoms with van der Waals surface area (Å²) in [5.74, 6) is -6.85. The van der Waals surface area contributed by atoms with Crippen molar-refractivity contribution in [1.82, 2.24) is 15.0 Å². The van der Waals surface area contributed by atoms with Crippen LogP contribution in [0.5, 0.6) is 23.0 Å². The number of methoxy groups -OCH3 is 4. The number of fused-ring (bicyclic) bond motifs is 6. The summed E-state index contributed by atoms with van der Waals surface area (Å²) < 4.78 is 115. The van der Waals surface area contributed by atoms with Crippen LogP contribution in [0.2, 0.25) is 5.15 Å². The molecule has 3 amide bonds. The van der Waals surface area contributed by atoms with Crippen LogP contribution < -0.4 is 39.4 Å². The molecule has 82 heavy (non-hydrogen) atoms. The van der Waals surface area contributed by atoms with Gasteiger partial charge in [0, 0.05) is 32.6 Å². The molecule has 0 radical (unpaired) electrons. The molecular formula is C59H55ClF6N8O8. The topological polar surface area (TPSA) is 203 Å². The Morgan fingerprint density at radius 3 is 1.29 bits per heavy atom. The number of hydrogen-bond donors (Lipinski definition) is 1. The van der Waals surface area contributed by atoms with Crippen molar-refractivity contribution in [1.29, 1.82) is 5.26 Å². The van der Waals surface area contributed by atoms with Crippen molar-refractivity contribution in [3.05, 3.63) is 151 Å². The Bertz CT molecular complexity index is 3700. The van der Waals surface area contributed by atoms with Crippen LogP contribution in [-0.4, -0.2) is 66.9 Å². The van der Waals surface area contributed by atoms with Crippen molar-refractivity contribution in [2.75, 3.05) is 43.1 Å². The summed E-state index contributed by atoms with van der Waals surface area (Å²) in [6, 6.07) is 10.8. The second kappa shape index (κ2) is 22.2. The van der Waals surface area contributed by atoms with Gasteiger partial charge in [-0.1, -0.05) is 11.6 Å². The van der Waals surface area contributed by atoms with Crippen LogP contribution in [0.4, 0.5) is 43.4 Å². The van der Waals surface area contributed by atoms with E-state index in [0.29, 0.717) is 54.9 Å². The molecule has 3 saturated carbocycles. The van der Waals surface area contributed by atoms with Gasteiger partial charge in [0.25, 0.3) is 0 Å². The number of amides is 3. The van der Waals surface area contributed by atoms with Crippen molar-refractivity contribution in [3.63, 3.8) is 0 Å². The maximum absolute atomic E-state index is 14.9. The van der Waals surface area contributed by atoms with Crippen LogP contribution in [0.1, 0.15) is 110 Å². The van der Waals surface area contributed by atoms with Gasteiger partial charge in [0.2, 0.25) is 17.7 Å². The lowest BCUT2D eigenvalue weighted by Crippen LogP contribution is -2.45. The van der Waals surface area contributed by atoms with Crippen molar-refractivity contribution < 1.29 is 65.8 Å². The summed E-state index contributed by atoms with van der Waals surface area (Å²) in [5.41, 5.74) is 8.03. The van der Waals surface area contributed by atoms with Gasteiger partial charge in [0.1, 0.15) is 39.8 Å². The van der Waals surface area contributed by atoms with Crippen molar-refractivity contribution in [3.8, 4) is 29.1 Å². The molecular weight excluding hydrogens is 1100 g/mol. The largest absolute Gasteiger partial charge is 0.494 e. The van der Waals surface area contributed by atoms with Gasteiger partial charge in [0.05, 0.1) is 70.0 Å². The Kier molecular flexibility index (Phi) is 15.4. The van der Waals surface area contributed by atoms with Crippen molar-refractivity contribution in [2.24, 2.45) is 5.73 Å². The van der Waals surface area contributed by atoms with E-state index in [4.69, 9.17) is 42.9 Å². The first-order chi connectivity index (χ1) is 39.5. The van der Waals surface area contributed by atoms with Gasteiger partial charge in [-0.3, -0.25) is 19.4 Å². The Morgan fingerprint density at radius 1 is 0.598 bits per heavy atom. The highest BCUT2D eigenvalue weighted by Gasteiger charge is 2.60. The van der Waals surface area contributed by atoms with E-state index in [1.165, 1.54) is 72.4 Å². The molecule has 3 aromatic heterocycles. The van der Waals surface area contributed by atoms with Crippen LogP contribution in [0.3, 0.4) is 0 Å². The zero-order valence-corrected chi connectivity index (χ0v) is 46.3. The molecule has 428 valence electrons. The minimum Gasteiger partial charge on any atom is -0.494 e. The van der Waals surface area contributed by atoms with E-state index in [2.05, 4.69) is 15.0 Å². The number of carbonyl (C=O) groups is 4. The molecule has 6 aliphatic rings. The first kappa shape index (κ1) is 57.0. The molecule has 3 aromatic carbocycles. The van der Waals surface area contributed by atoms with Crippen molar-refractivity contribution >= 4 is 52.2 Å². The number of benzene rings is 3. The predicted octanol–water partition coefficient (Wildman–Crippen LogP) is 10.0. The molecule has 0 atom stereocenters. The number of ketones is 1. The third-order valence-corrected chi connectivity index (χ3v) is 15.7. The summed E-state index contributed by atoms with van der Waals surface area (Å²) in [4.78, 5) is 64.9. The predicted molar refractivity (Wildman–Crippen MR) is 288 cm³/mol. The van der Waals surface area contributed by atoms with E-state index in [0.717, 1.165) is 43.7 Å². The normalized spacial score (nSPS) is 16.9. The fourth-order valence-corrected chi connectivity index (χ4v) is 11.1. The average Bonchev–Trinajstić information content (AvgIpc) is 2.33. The second-order valence-corrected chi connectivity index (χ2v) is 21.1. The number of nitriles is 1. The summed E-state index contributed by atoms with van der Waals surface area (Å²) in [7, 11) is 5.14. The van der Waals surface area contributed by atoms with Crippen LogP contribution in [0.25, 0.3) is 0 Å². The number of Topliss-reactive ketones (excluding diaryl/α,β-unsaturated/α-hetero) is 1. The minimum atomic E-state index is -0.935. The molecule has 16 nitrogen and oxygen atoms in total. The first-order valence-corrected chi connectivity index (χ1v) is 26.1. The molecule has 12 rings (SSSR count). The lowest BCUT2D eigenvalue weighted by Gasteiger charge is -2.35. The number of rotatable bonds is 8. The Balaban J connectivity index is 0.000000144. The fourth-order valence-electron chi connectivity index (χ4n) is 10.9. The average molecular weight is 1150 g/mol. The van der Waals surface area contributed by atoms with Gasteiger partial charge >= 0.3 is 0 Å². The molecule has 23 heteroatoms. The smallest absolute Gasteiger partial charge is 0.238 e. The molecule has 3 aliphatic carbocycles. The van der Waals surface area contributed by atoms with Crippen LogP contribution in [0.15, 0.2) is 55.0 Å². The van der Waals surface area contributed by atoms with Gasteiger partial charge in [0.15, 0.2) is 57.9 Å². The van der Waals surface area contributed by atoms with Gasteiger partial charge in [-0.2, -0.15) is 5.26 Å². The zero-order chi connectivity index (χ0) is 60.2. The third kappa shape index (κ3) is 9.96. The summed E-state index contributed by atoms with van der Waals surface area (Å²) in [6.45, 7) is 4.63. The zero-order valence-electron chi connectivity index (χ0n) is 46.6. The Morgan fingerprint density at radius 2 is 0.939 bits per heavy atom. The van der Waals surface area contributed by atoms with Gasteiger partial charge in [-0.05, 0) is 141 Å². The van der Waals surface area contributed by atoms with E-state index in [1.54, 1.807) is 24.5 Å². The molecule has 0 bridgehead atoms. The Hall–Kier alpha value is -8.29. The number of aromatic nitrogens is 3. The molecule has 6 heterocycles. The van der Waals surface area contributed by atoms with Gasteiger partial charge in [-0.25, -0.2) is 36.3 Å². The number of ether oxygens (including phenoxy) is 4. The fraction of sp³-hybridized carbons (Fsp3) is 0.356. The number of carbonyl (C=O) groups excluding carboxylic acids is 4. The second-order valence-electron chi connectivity index (χ2n) is 20.7. The van der Waals surface area contributed by atoms with Crippen molar-refractivity contribution in [2.45, 2.75) is 109 Å². The quantitative estimate of drug-likeness (QED) is 0.111. The monoisotopic (exact) mass is 1150 g/mol. The number of pyridine rings is 3. The van der Waals surface area contributed by atoms with E-state index >= 15 is 0 Å². The SMILES string of the molecule is COc1cc(C)c(F)c(N2Cc3cnc(C#N)cc3C3(CC3)C2=O)c1F.COc1cc(C)c(F)c(N2Cc3cnc(Cl)cc3C3(CC3)C2=O)c1F.COc1cc(OC)c(F)c(N2Cc3cnc(CN)cc3C3(CC3)C2=O)c1F.[2H]CC(C)=O. The molecule has 3 aliphatic heterocycles. The minimum absolute atomic E-state index is 0.00489. The highest BCUT2D eigenvalue weighted by molar-refractivity contribution is 6.29. The first-order valence-electron chi connectivity index (χ1n) is 26.4. The van der Waals surface area contributed by atoms with Gasteiger partial charge < -0.3 is 44.2 Å². The maximum atomic E-state index is 14.9. The molecule has 0 saturated heterocycles.